The maximum Gasteiger partial charge on any atom is 0.262 e. The summed E-state index contributed by atoms with van der Waals surface area (Å²) in [7, 11) is 1.61. The quantitative estimate of drug-likeness (QED) is 0.629. The minimum Gasteiger partial charge on any atom is -0.384 e. The largest absolute Gasteiger partial charge is 0.384 e. The molecule has 0 saturated carbocycles. The van der Waals surface area contributed by atoms with Crippen LogP contribution in [0.1, 0.15) is 37.6 Å². The lowest BCUT2D eigenvalue weighted by Gasteiger charge is -2.12. The van der Waals surface area contributed by atoms with E-state index in [0.29, 0.717) is 35.0 Å². The minimum absolute atomic E-state index is 0.0929. The molecule has 0 aliphatic heterocycles. The number of benzene rings is 1. The average molecular weight is 400 g/mol. The number of primary amides is 1. The van der Waals surface area contributed by atoms with E-state index in [1.165, 1.54) is 16.9 Å². The molecule has 0 fully saturated rings. The number of nitrogens with zero attached hydrogens (tertiary/aromatic N) is 2. The third kappa shape index (κ3) is 4.15. The second-order valence-corrected chi connectivity index (χ2v) is 7.91. The Kier molecular flexibility index (Phi) is 6.26. The van der Waals surface area contributed by atoms with Gasteiger partial charge in [0.25, 0.3) is 5.56 Å². The van der Waals surface area contributed by atoms with Crippen molar-refractivity contribution in [1.29, 1.82) is 0 Å². The predicted molar refractivity (Wildman–Crippen MR) is 113 cm³/mol. The third-order valence-electron chi connectivity index (χ3n) is 4.77. The van der Waals surface area contributed by atoms with Crippen LogP contribution >= 0.6 is 11.3 Å². The second-order valence-electron chi connectivity index (χ2n) is 7.05. The van der Waals surface area contributed by atoms with Gasteiger partial charge in [-0.3, -0.25) is 14.2 Å². The van der Waals surface area contributed by atoms with Crippen LogP contribution in [-0.2, 0) is 22.5 Å². The molecule has 0 spiro atoms. The van der Waals surface area contributed by atoms with Crippen LogP contribution in [0.2, 0.25) is 0 Å². The predicted octanol–water partition coefficient (Wildman–Crippen LogP) is 3.31. The van der Waals surface area contributed by atoms with Crippen LogP contribution in [-0.4, -0.2) is 29.2 Å². The van der Waals surface area contributed by atoms with Gasteiger partial charge in [0.1, 0.15) is 10.7 Å². The fourth-order valence-corrected chi connectivity index (χ4v) is 4.12. The summed E-state index contributed by atoms with van der Waals surface area (Å²) in [5, 5.41) is 2.56. The number of hydrogen-bond acceptors (Lipinski definition) is 5. The highest BCUT2D eigenvalue weighted by Crippen LogP contribution is 2.32. The standard InChI is InChI=1S/C21H25N3O3S/c1-13(2)14-4-6-15(7-5-14)16-12-28-20-19(16)21(26)24(10-8-17(22)25)18(23-20)9-11-27-3/h4-7,12-13H,8-11H2,1-3H3,(H2,22,25). The summed E-state index contributed by atoms with van der Waals surface area (Å²) in [6.45, 7) is 4.97. The molecule has 0 unspecified atom stereocenters. The zero-order valence-electron chi connectivity index (χ0n) is 16.4. The second kappa shape index (κ2) is 8.67. The summed E-state index contributed by atoms with van der Waals surface area (Å²) in [6.07, 6.45) is 0.590. The van der Waals surface area contributed by atoms with E-state index >= 15 is 0 Å². The van der Waals surface area contributed by atoms with Crippen molar-refractivity contribution >= 4 is 27.5 Å². The number of aromatic nitrogens is 2. The topological polar surface area (TPSA) is 87.2 Å². The van der Waals surface area contributed by atoms with E-state index in [2.05, 4.69) is 26.0 Å². The van der Waals surface area contributed by atoms with Gasteiger partial charge in [0.15, 0.2) is 0 Å². The number of nitrogens with two attached hydrogens (primary N) is 1. The maximum atomic E-state index is 13.3. The van der Waals surface area contributed by atoms with Crippen molar-refractivity contribution in [2.24, 2.45) is 5.73 Å². The molecule has 3 aromatic rings. The monoisotopic (exact) mass is 399 g/mol. The zero-order valence-corrected chi connectivity index (χ0v) is 17.2. The Morgan fingerprint density at radius 1 is 1.29 bits per heavy atom. The van der Waals surface area contributed by atoms with Gasteiger partial charge in [-0.25, -0.2) is 4.98 Å². The Morgan fingerprint density at radius 3 is 2.61 bits per heavy atom. The van der Waals surface area contributed by atoms with E-state index in [1.807, 2.05) is 17.5 Å². The summed E-state index contributed by atoms with van der Waals surface area (Å²) in [6, 6.07) is 8.27. The molecule has 28 heavy (non-hydrogen) atoms. The fraction of sp³-hybridized carbons (Fsp3) is 0.381. The molecule has 2 heterocycles. The van der Waals surface area contributed by atoms with Gasteiger partial charge < -0.3 is 10.5 Å². The molecule has 0 saturated heterocycles. The molecule has 3 rings (SSSR count). The lowest BCUT2D eigenvalue weighted by atomic mass is 9.99. The Hall–Kier alpha value is -2.51. The number of methoxy groups -OCH3 is 1. The van der Waals surface area contributed by atoms with Gasteiger partial charge >= 0.3 is 0 Å². The van der Waals surface area contributed by atoms with E-state index in [1.54, 1.807) is 11.7 Å². The van der Waals surface area contributed by atoms with Gasteiger partial charge in [-0.15, -0.1) is 11.3 Å². The fourth-order valence-electron chi connectivity index (χ4n) is 3.16. The molecule has 7 heteroatoms. The van der Waals surface area contributed by atoms with Gasteiger partial charge in [-0.1, -0.05) is 38.1 Å². The van der Waals surface area contributed by atoms with Crippen molar-refractivity contribution in [1.82, 2.24) is 9.55 Å². The first kappa shape index (κ1) is 20.2. The van der Waals surface area contributed by atoms with Gasteiger partial charge in [0, 0.05) is 37.4 Å². The number of thiophene rings is 1. The van der Waals surface area contributed by atoms with Crippen LogP contribution in [0.25, 0.3) is 21.3 Å². The van der Waals surface area contributed by atoms with Gasteiger partial charge in [-0.05, 0) is 17.0 Å². The summed E-state index contributed by atoms with van der Waals surface area (Å²) in [5.74, 6) is 0.618. The van der Waals surface area contributed by atoms with Crippen LogP contribution in [0.5, 0.6) is 0 Å². The molecule has 1 amide bonds. The highest BCUT2D eigenvalue weighted by atomic mass is 32.1. The van der Waals surface area contributed by atoms with E-state index in [0.717, 1.165) is 11.1 Å². The van der Waals surface area contributed by atoms with Crippen LogP contribution in [0.15, 0.2) is 34.4 Å². The Balaban J connectivity index is 2.12. The van der Waals surface area contributed by atoms with Crippen LogP contribution in [0.3, 0.4) is 0 Å². The first-order valence-electron chi connectivity index (χ1n) is 9.30. The molecular formula is C21H25N3O3S. The van der Waals surface area contributed by atoms with Crippen LogP contribution < -0.4 is 11.3 Å². The average Bonchev–Trinajstić information content (AvgIpc) is 3.09. The Labute approximate surface area is 168 Å². The lowest BCUT2D eigenvalue weighted by molar-refractivity contribution is -0.118. The van der Waals surface area contributed by atoms with E-state index < -0.39 is 5.91 Å². The van der Waals surface area contributed by atoms with Crippen molar-refractivity contribution in [3.05, 3.63) is 51.4 Å². The van der Waals surface area contributed by atoms with E-state index in [9.17, 15) is 9.59 Å². The number of rotatable bonds is 8. The highest BCUT2D eigenvalue weighted by Gasteiger charge is 2.17. The van der Waals surface area contributed by atoms with Gasteiger partial charge in [-0.2, -0.15) is 0 Å². The van der Waals surface area contributed by atoms with Crippen LogP contribution in [0.4, 0.5) is 0 Å². The molecule has 1 aromatic carbocycles. The summed E-state index contributed by atoms with van der Waals surface area (Å²) in [4.78, 5) is 29.9. The maximum absolute atomic E-state index is 13.3. The number of carbonyl (C=O) groups is 1. The Morgan fingerprint density at radius 2 is 2.00 bits per heavy atom. The number of hydrogen-bond donors (Lipinski definition) is 1. The molecule has 0 aliphatic rings. The molecule has 2 N–H and O–H groups in total. The van der Waals surface area contributed by atoms with Gasteiger partial charge in [0.2, 0.25) is 5.91 Å². The smallest absolute Gasteiger partial charge is 0.262 e. The minimum atomic E-state index is -0.445. The summed E-state index contributed by atoms with van der Waals surface area (Å²) >= 11 is 1.46. The number of amides is 1. The molecule has 0 bridgehead atoms. The van der Waals surface area contributed by atoms with Crippen molar-refractivity contribution in [2.75, 3.05) is 13.7 Å². The van der Waals surface area contributed by atoms with Crippen molar-refractivity contribution in [3.63, 3.8) is 0 Å². The number of carbonyl (C=O) groups excluding carboxylic acids is 1. The lowest BCUT2D eigenvalue weighted by Crippen LogP contribution is -2.28. The molecule has 148 valence electrons. The zero-order chi connectivity index (χ0) is 20.3. The number of ether oxygens (including phenoxy) is 1. The van der Waals surface area contributed by atoms with Gasteiger partial charge in [0.05, 0.1) is 12.0 Å². The van der Waals surface area contributed by atoms with Crippen molar-refractivity contribution < 1.29 is 9.53 Å². The highest BCUT2D eigenvalue weighted by molar-refractivity contribution is 7.17. The first-order chi connectivity index (χ1) is 13.4. The van der Waals surface area contributed by atoms with Crippen LogP contribution in [0, 0.1) is 0 Å². The SMILES string of the molecule is COCCc1nc2scc(-c3ccc(C(C)C)cc3)c2c(=O)n1CCC(N)=O. The van der Waals surface area contributed by atoms with E-state index in [4.69, 9.17) is 15.5 Å². The molecular weight excluding hydrogens is 374 g/mol. The normalized spacial score (nSPS) is 11.4. The van der Waals surface area contributed by atoms with Crippen molar-refractivity contribution in [3.8, 4) is 11.1 Å². The third-order valence-corrected chi connectivity index (χ3v) is 5.64. The molecule has 6 nitrogen and oxygen atoms in total. The molecule has 0 radical (unpaired) electrons. The molecule has 0 aliphatic carbocycles. The van der Waals surface area contributed by atoms with E-state index in [-0.39, 0.29) is 18.5 Å². The summed E-state index contributed by atoms with van der Waals surface area (Å²) in [5.41, 5.74) is 8.27. The first-order valence-corrected chi connectivity index (χ1v) is 10.2. The number of fused-ring (bicyclic) bond motifs is 1. The molecule has 0 atom stereocenters. The molecule has 2 aromatic heterocycles. The van der Waals surface area contributed by atoms with Crippen molar-refractivity contribution in [2.45, 2.75) is 39.2 Å². The summed E-state index contributed by atoms with van der Waals surface area (Å²) < 4.78 is 6.70. The Bertz CT molecular complexity index is 1040.